The number of piperazine rings is 1. The van der Waals surface area contributed by atoms with E-state index in [4.69, 9.17) is 9.84 Å². The zero-order chi connectivity index (χ0) is 10.7. The van der Waals surface area contributed by atoms with E-state index in [0.717, 1.165) is 32.2 Å². The largest absolute Gasteiger partial charge is 0.447 e. The molecule has 2 rings (SSSR count). The molecular weight excluding hydrogens is 196 g/mol. The van der Waals surface area contributed by atoms with Crippen molar-refractivity contribution < 1.29 is 14.6 Å². The van der Waals surface area contributed by atoms with Crippen molar-refractivity contribution in [2.24, 2.45) is 0 Å². The molecule has 2 fully saturated rings. The van der Waals surface area contributed by atoms with Gasteiger partial charge in [-0.1, -0.05) is 0 Å². The highest BCUT2D eigenvalue weighted by atomic mass is 16.6. The highest BCUT2D eigenvalue weighted by Crippen LogP contribution is 2.27. The SMILES string of the molecule is O=C(OCCO)N1CCN(C2CC2)CC1. The topological polar surface area (TPSA) is 53.0 Å². The molecule has 2 aliphatic rings. The molecule has 0 unspecified atom stereocenters. The number of hydrogen-bond donors (Lipinski definition) is 1. The predicted octanol–water partition coefficient (Wildman–Crippen LogP) is -0.105. The lowest BCUT2D eigenvalue weighted by molar-refractivity contribution is 0.0629. The minimum absolute atomic E-state index is 0.0989. The monoisotopic (exact) mass is 214 g/mol. The third-order valence-electron chi connectivity index (χ3n) is 2.95. The Labute approximate surface area is 89.6 Å². The van der Waals surface area contributed by atoms with Gasteiger partial charge < -0.3 is 14.7 Å². The van der Waals surface area contributed by atoms with Crippen LogP contribution in [0.25, 0.3) is 0 Å². The number of hydrogen-bond acceptors (Lipinski definition) is 4. The van der Waals surface area contributed by atoms with Gasteiger partial charge in [-0.25, -0.2) is 4.79 Å². The number of aliphatic hydroxyl groups excluding tert-OH is 1. The van der Waals surface area contributed by atoms with Gasteiger partial charge in [-0.3, -0.25) is 4.90 Å². The molecule has 15 heavy (non-hydrogen) atoms. The average Bonchev–Trinajstić information content (AvgIpc) is 3.10. The van der Waals surface area contributed by atoms with Crippen LogP contribution in [0.4, 0.5) is 4.79 Å². The van der Waals surface area contributed by atoms with Gasteiger partial charge in [0.15, 0.2) is 0 Å². The zero-order valence-electron chi connectivity index (χ0n) is 8.89. The molecule has 1 N–H and O–H groups in total. The van der Waals surface area contributed by atoms with Crippen LogP contribution in [-0.2, 0) is 4.74 Å². The van der Waals surface area contributed by atoms with E-state index in [-0.39, 0.29) is 19.3 Å². The Hall–Kier alpha value is -0.810. The van der Waals surface area contributed by atoms with E-state index in [0.29, 0.717) is 0 Å². The van der Waals surface area contributed by atoms with Crippen LogP contribution in [0.1, 0.15) is 12.8 Å². The van der Waals surface area contributed by atoms with Crippen molar-refractivity contribution in [2.45, 2.75) is 18.9 Å². The van der Waals surface area contributed by atoms with E-state index in [1.54, 1.807) is 4.90 Å². The van der Waals surface area contributed by atoms with Gasteiger partial charge in [0.2, 0.25) is 0 Å². The number of aliphatic hydroxyl groups is 1. The Bertz CT molecular complexity index is 223. The molecule has 86 valence electrons. The van der Waals surface area contributed by atoms with Gasteiger partial charge in [0.1, 0.15) is 6.61 Å². The molecular formula is C10H18N2O3. The Kier molecular flexibility index (Phi) is 3.43. The summed E-state index contributed by atoms with van der Waals surface area (Å²) in [5, 5.41) is 8.53. The summed E-state index contributed by atoms with van der Waals surface area (Å²) in [6, 6.07) is 0.778. The summed E-state index contributed by atoms with van der Waals surface area (Å²) in [6.07, 6.45) is 2.34. The first-order chi connectivity index (χ1) is 7.31. The molecule has 5 nitrogen and oxygen atoms in total. The van der Waals surface area contributed by atoms with E-state index in [9.17, 15) is 4.79 Å². The molecule has 0 atom stereocenters. The molecule has 0 bridgehead atoms. The number of nitrogens with zero attached hydrogens (tertiary/aromatic N) is 2. The normalized spacial score (nSPS) is 22.9. The quantitative estimate of drug-likeness (QED) is 0.712. The lowest BCUT2D eigenvalue weighted by atomic mass is 10.3. The van der Waals surface area contributed by atoms with Crippen molar-refractivity contribution in [2.75, 3.05) is 39.4 Å². The Morgan fingerprint density at radius 2 is 1.93 bits per heavy atom. The Morgan fingerprint density at radius 3 is 2.47 bits per heavy atom. The van der Waals surface area contributed by atoms with Crippen LogP contribution in [0.3, 0.4) is 0 Å². The van der Waals surface area contributed by atoms with Gasteiger partial charge in [0, 0.05) is 32.2 Å². The lowest BCUT2D eigenvalue weighted by Gasteiger charge is -2.34. The fourth-order valence-electron chi connectivity index (χ4n) is 1.93. The van der Waals surface area contributed by atoms with Crippen molar-refractivity contribution in [3.63, 3.8) is 0 Å². The Morgan fingerprint density at radius 1 is 1.27 bits per heavy atom. The van der Waals surface area contributed by atoms with Gasteiger partial charge in [-0.2, -0.15) is 0 Å². The van der Waals surface area contributed by atoms with E-state index >= 15 is 0 Å². The standard InChI is InChI=1S/C10H18N2O3/c13-7-8-15-10(14)12-5-3-11(4-6-12)9-1-2-9/h9,13H,1-8H2. The second-order valence-corrected chi connectivity index (χ2v) is 4.09. The van der Waals surface area contributed by atoms with Crippen LogP contribution in [0.5, 0.6) is 0 Å². The van der Waals surface area contributed by atoms with Crippen LogP contribution in [0.2, 0.25) is 0 Å². The van der Waals surface area contributed by atoms with Gasteiger partial charge in [0.05, 0.1) is 6.61 Å². The molecule has 1 aliphatic heterocycles. The van der Waals surface area contributed by atoms with E-state index in [1.165, 1.54) is 12.8 Å². The van der Waals surface area contributed by atoms with Crippen LogP contribution < -0.4 is 0 Å². The maximum absolute atomic E-state index is 11.4. The summed E-state index contributed by atoms with van der Waals surface area (Å²) in [5.74, 6) is 0. The first kappa shape index (κ1) is 10.7. The molecule has 1 heterocycles. The van der Waals surface area contributed by atoms with Gasteiger partial charge in [-0.05, 0) is 12.8 Å². The van der Waals surface area contributed by atoms with Crippen LogP contribution >= 0.6 is 0 Å². The van der Waals surface area contributed by atoms with Crippen LogP contribution in [0, 0.1) is 0 Å². The molecule has 5 heteroatoms. The summed E-state index contributed by atoms with van der Waals surface area (Å²) < 4.78 is 4.86. The summed E-state index contributed by atoms with van der Waals surface area (Å²) >= 11 is 0. The maximum Gasteiger partial charge on any atom is 0.409 e. The smallest absolute Gasteiger partial charge is 0.409 e. The molecule has 0 aromatic heterocycles. The fourth-order valence-corrected chi connectivity index (χ4v) is 1.93. The van der Waals surface area contributed by atoms with Gasteiger partial charge in [-0.15, -0.1) is 0 Å². The third kappa shape index (κ3) is 2.82. The van der Waals surface area contributed by atoms with E-state index < -0.39 is 0 Å². The molecule has 1 saturated heterocycles. The molecule has 0 radical (unpaired) electrons. The molecule has 0 aromatic rings. The maximum atomic E-state index is 11.4. The van der Waals surface area contributed by atoms with Crippen LogP contribution in [-0.4, -0.2) is 66.4 Å². The van der Waals surface area contributed by atoms with Crippen molar-refractivity contribution >= 4 is 6.09 Å². The number of carbonyl (C=O) groups is 1. The van der Waals surface area contributed by atoms with E-state index in [1.807, 2.05) is 0 Å². The summed E-state index contributed by atoms with van der Waals surface area (Å²) in [6.45, 7) is 3.41. The third-order valence-corrected chi connectivity index (χ3v) is 2.95. The number of ether oxygens (including phenoxy) is 1. The number of amides is 1. The molecule has 1 amide bonds. The van der Waals surface area contributed by atoms with Crippen molar-refractivity contribution in [3.05, 3.63) is 0 Å². The molecule has 1 aliphatic carbocycles. The highest BCUT2D eigenvalue weighted by Gasteiger charge is 2.32. The first-order valence-electron chi connectivity index (χ1n) is 5.58. The molecule has 1 saturated carbocycles. The minimum atomic E-state index is -0.292. The second-order valence-electron chi connectivity index (χ2n) is 4.09. The van der Waals surface area contributed by atoms with Crippen molar-refractivity contribution in [1.82, 2.24) is 9.80 Å². The highest BCUT2D eigenvalue weighted by molar-refractivity contribution is 5.67. The summed E-state index contributed by atoms with van der Waals surface area (Å²) in [7, 11) is 0. The average molecular weight is 214 g/mol. The predicted molar refractivity (Wildman–Crippen MR) is 54.6 cm³/mol. The van der Waals surface area contributed by atoms with Gasteiger partial charge >= 0.3 is 6.09 Å². The fraction of sp³-hybridized carbons (Fsp3) is 0.900. The molecule has 0 spiro atoms. The summed E-state index contributed by atoms with van der Waals surface area (Å²) in [5.41, 5.74) is 0. The van der Waals surface area contributed by atoms with Crippen LogP contribution in [0.15, 0.2) is 0 Å². The Balaban J connectivity index is 1.69. The van der Waals surface area contributed by atoms with Crippen molar-refractivity contribution in [1.29, 1.82) is 0 Å². The van der Waals surface area contributed by atoms with E-state index in [2.05, 4.69) is 4.90 Å². The van der Waals surface area contributed by atoms with Gasteiger partial charge in [0.25, 0.3) is 0 Å². The summed E-state index contributed by atoms with van der Waals surface area (Å²) in [4.78, 5) is 15.6. The number of rotatable bonds is 3. The first-order valence-corrected chi connectivity index (χ1v) is 5.58. The van der Waals surface area contributed by atoms with Crippen molar-refractivity contribution in [3.8, 4) is 0 Å². The molecule has 0 aromatic carbocycles. The lowest BCUT2D eigenvalue weighted by Crippen LogP contribution is -2.49. The minimum Gasteiger partial charge on any atom is -0.447 e. The number of carbonyl (C=O) groups excluding carboxylic acids is 1. The zero-order valence-corrected chi connectivity index (χ0v) is 8.89. The second kappa shape index (κ2) is 4.81.